The predicted molar refractivity (Wildman–Crippen MR) is 44.5 cm³/mol. The molecule has 0 fully saturated rings. The number of carboxylic acids is 1. The molecule has 1 aromatic carbocycles. The van der Waals surface area contributed by atoms with Crippen molar-refractivity contribution in [2.24, 2.45) is 0 Å². The first-order valence-electron chi connectivity index (χ1n) is 3.82. The number of rotatable bonds is 3. The van der Waals surface area contributed by atoms with Crippen molar-refractivity contribution >= 4 is 5.97 Å². The van der Waals surface area contributed by atoms with Crippen molar-refractivity contribution < 1.29 is 23.8 Å². The van der Waals surface area contributed by atoms with E-state index in [1.807, 2.05) is 0 Å². The summed E-state index contributed by atoms with van der Waals surface area (Å²) in [6.07, 6.45) is -2.96. The molecule has 14 heavy (non-hydrogen) atoms. The molecule has 2 N–H and O–H groups in total. The lowest BCUT2D eigenvalue weighted by Gasteiger charge is -2.10. The minimum atomic E-state index is -2.96. The fourth-order valence-corrected chi connectivity index (χ4v) is 1.08. The van der Waals surface area contributed by atoms with Crippen LogP contribution in [-0.2, 0) is 4.79 Å². The van der Waals surface area contributed by atoms with E-state index >= 15 is 0 Å². The third-order valence-corrected chi connectivity index (χ3v) is 1.77. The molecule has 0 saturated carbocycles. The molecule has 1 rings (SSSR count). The number of hydrogen-bond donors (Lipinski definition) is 2. The van der Waals surface area contributed by atoms with E-state index in [1.165, 1.54) is 24.3 Å². The molecule has 0 unspecified atom stereocenters. The molecular formula is C9H8F2O3. The molecular weight excluding hydrogens is 194 g/mol. The van der Waals surface area contributed by atoms with Gasteiger partial charge < -0.3 is 10.2 Å². The molecule has 3 nitrogen and oxygen atoms in total. The smallest absolute Gasteiger partial charge is 0.316 e. The quantitative estimate of drug-likeness (QED) is 0.786. The van der Waals surface area contributed by atoms with Crippen LogP contribution in [0, 0.1) is 0 Å². The summed E-state index contributed by atoms with van der Waals surface area (Å²) in [4.78, 5) is 10.5. The molecule has 0 bridgehead atoms. The number of hydrogen-bond acceptors (Lipinski definition) is 2. The zero-order chi connectivity index (χ0) is 10.7. The maximum Gasteiger partial charge on any atom is 0.316 e. The zero-order valence-corrected chi connectivity index (χ0v) is 7.02. The van der Waals surface area contributed by atoms with Gasteiger partial charge in [0, 0.05) is 0 Å². The number of benzene rings is 1. The molecule has 0 spiro atoms. The molecule has 0 aliphatic rings. The summed E-state index contributed by atoms with van der Waals surface area (Å²) in [5.41, 5.74) is -0.0229. The van der Waals surface area contributed by atoms with Gasteiger partial charge in [0.05, 0.1) is 0 Å². The molecule has 0 heterocycles. The van der Waals surface area contributed by atoms with Crippen LogP contribution in [0.5, 0.6) is 5.75 Å². The average molecular weight is 202 g/mol. The van der Waals surface area contributed by atoms with Crippen molar-refractivity contribution in [1.82, 2.24) is 0 Å². The van der Waals surface area contributed by atoms with Gasteiger partial charge in [-0.2, -0.15) is 0 Å². The van der Waals surface area contributed by atoms with Gasteiger partial charge in [-0.05, 0) is 17.7 Å². The highest BCUT2D eigenvalue weighted by molar-refractivity contribution is 5.76. The molecule has 0 saturated heterocycles. The van der Waals surface area contributed by atoms with Gasteiger partial charge >= 0.3 is 5.97 Å². The molecule has 0 aliphatic carbocycles. The van der Waals surface area contributed by atoms with Gasteiger partial charge in [0.25, 0.3) is 6.43 Å². The highest BCUT2D eigenvalue weighted by Crippen LogP contribution is 2.25. The lowest BCUT2D eigenvalue weighted by molar-refractivity contribution is -0.142. The van der Waals surface area contributed by atoms with Crippen LogP contribution < -0.4 is 0 Å². The highest BCUT2D eigenvalue weighted by Gasteiger charge is 2.29. The summed E-state index contributed by atoms with van der Waals surface area (Å²) in [6, 6.07) is 4.68. The molecule has 5 heteroatoms. The number of alkyl halides is 2. The molecule has 0 aliphatic heterocycles. The van der Waals surface area contributed by atoms with E-state index in [0.29, 0.717) is 0 Å². The standard InChI is InChI=1S/C9H8F2O3/c10-8(11)7(9(13)14)5-1-3-6(12)4-2-5/h1-4,7-8,12H,(H,13,14)/t7-/m0/s1. The zero-order valence-electron chi connectivity index (χ0n) is 7.02. The van der Waals surface area contributed by atoms with Gasteiger partial charge in [0.1, 0.15) is 11.7 Å². The van der Waals surface area contributed by atoms with Crippen LogP contribution >= 0.6 is 0 Å². The SMILES string of the molecule is O=C(O)[C@@H](c1ccc(O)cc1)C(F)F. The van der Waals surface area contributed by atoms with Crippen molar-refractivity contribution in [3.63, 3.8) is 0 Å². The van der Waals surface area contributed by atoms with Gasteiger partial charge in [0.15, 0.2) is 0 Å². The van der Waals surface area contributed by atoms with Gasteiger partial charge in [-0.25, -0.2) is 8.78 Å². The van der Waals surface area contributed by atoms with Gasteiger partial charge in [-0.1, -0.05) is 12.1 Å². The van der Waals surface area contributed by atoms with Gasteiger partial charge in [0.2, 0.25) is 0 Å². The number of carbonyl (C=O) groups is 1. The molecule has 0 amide bonds. The molecule has 1 atom stereocenters. The summed E-state index contributed by atoms with van der Waals surface area (Å²) in [5.74, 6) is -3.51. The Labute approximate surface area is 78.6 Å². The Morgan fingerprint density at radius 2 is 1.71 bits per heavy atom. The Balaban J connectivity index is 3.00. The van der Waals surface area contributed by atoms with Crippen molar-refractivity contribution in [3.8, 4) is 5.75 Å². The van der Waals surface area contributed by atoms with E-state index in [2.05, 4.69) is 0 Å². The first kappa shape index (κ1) is 10.4. The Kier molecular flexibility index (Phi) is 3.01. The summed E-state index contributed by atoms with van der Waals surface area (Å²) in [5, 5.41) is 17.4. The lowest BCUT2D eigenvalue weighted by Crippen LogP contribution is -2.19. The van der Waals surface area contributed by atoms with Crippen molar-refractivity contribution in [1.29, 1.82) is 0 Å². The third kappa shape index (κ3) is 2.18. The Hall–Kier alpha value is -1.65. The number of phenolic OH excluding ortho intramolecular Hbond substituents is 1. The van der Waals surface area contributed by atoms with Crippen molar-refractivity contribution in [2.75, 3.05) is 0 Å². The second kappa shape index (κ2) is 4.04. The van der Waals surface area contributed by atoms with Crippen molar-refractivity contribution in [3.05, 3.63) is 29.8 Å². The van der Waals surface area contributed by atoms with E-state index in [0.717, 1.165) is 0 Å². The monoisotopic (exact) mass is 202 g/mol. The van der Waals surface area contributed by atoms with Crippen LogP contribution in [0.4, 0.5) is 8.78 Å². The van der Waals surface area contributed by atoms with E-state index in [1.54, 1.807) is 0 Å². The fourth-order valence-electron chi connectivity index (χ4n) is 1.08. The fraction of sp³-hybridized carbons (Fsp3) is 0.222. The Morgan fingerprint density at radius 3 is 2.07 bits per heavy atom. The first-order chi connectivity index (χ1) is 6.52. The molecule has 76 valence electrons. The van der Waals surface area contributed by atoms with Crippen molar-refractivity contribution in [2.45, 2.75) is 12.3 Å². The predicted octanol–water partition coefficient (Wildman–Crippen LogP) is 1.83. The van der Waals surface area contributed by atoms with Crippen LogP contribution in [0.3, 0.4) is 0 Å². The largest absolute Gasteiger partial charge is 0.508 e. The number of carboxylic acid groups (broad SMARTS) is 1. The molecule has 0 radical (unpaired) electrons. The van der Waals surface area contributed by atoms with E-state index in [-0.39, 0.29) is 11.3 Å². The highest BCUT2D eigenvalue weighted by atomic mass is 19.3. The maximum absolute atomic E-state index is 12.3. The van der Waals surface area contributed by atoms with Crippen LogP contribution in [0.1, 0.15) is 11.5 Å². The third-order valence-electron chi connectivity index (χ3n) is 1.77. The number of aliphatic carboxylic acids is 1. The van der Waals surface area contributed by atoms with Crippen LogP contribution in [0.15, 0.2) is 24.3 Å². The van der Waals surface area contributed by atoms with E-state index in [4.69, 9.17) is 10.2 Å². The van der Waals surface area contributed by atoms with Gasteiger partial charge in [-0.15, -0.1) is 0 Å². The Bertz CT molecular complexity index is 321. The average Bonchev–Trinajstić information content (AvgIpc) is 2.07. The second-order valence-electron chi connectivity index (χ2n) is 2.74. The summed E-state index contributed by atoms with van der Waals surface area (Å²) >= 11 is 0. The van der Waals surface area contributed by atoms with E-state index in [9.17, 15) is 13.6 Å². The maximum atomic E-state index is 12.3. The topological polar surface area (TPSA) is 57.5 Å². The summed E-state index contributed by atoms with van der Waals surface area (Å²) < 4.78 is 24.6. The normalized spacial score (nSPS) is 12.8. The van der Waals surface area contributed by atoms with Gasteiger partial charge in [-0.3, -0.25) is 4.79 Å². The summed E-state index contributed by atoms with van der Waals surface area (Å²) in [6.45, 7) is 0. The molecule has 0 aromatic heterocycles. The van der Waals surface area contributed by atoms with Crippen LogP contribution in [0.2, 0.25) is 0 Å². The lowest BCUT2D eigenvalue weighted by atomic mass is 10.00. The Morgan fingerprint density at radius 1 is 1.21 bits per heavy atom. The summed E-state index contributed by atoms with van der Waals surface area (Å²) in [7, 11) is 0. The van der Waals surface area contributed by atoms with Crippen LogP contribution in [0.25, 0.3) is 0 Å². The molecule has 1 aromatic rings. The van der Waals surface area contributed by atoms with E-state index < -0.39 is 18.3 Å². The minimum absolute atomic E-state index is 0.0229. The number of phenols is 1. The van der Waals surface area contributed by atoms with Crippen LogP contribution in [-0.4, -0.2) is 22.6 Å². The number of halogens is 2. The second-order valence-corrected chi connectivity index (χ2v) is 2.74. The first-order valence-corrected chi connectivity index (χ1v) is 3.82. The number of aromatic hydroxyl groups is 1. The minimum Gasteiger partial charge on any atom is -0.508 e.